The molecule has 0 fully saturated rings. The third-order valence-corrected chi connectivity index (χ3v) is 1.75. The van der Waals surface area contributed by atoms with E-state index in [1.807, 2.05) is 6.92 Å². The van der Waals surface area contributed by atoms with Gasteiger partial charge in [-0.3, -0.25) is 0 Å². The maximum Gasteiger partial charge on any atom is 0.234 e. The Morgan fingerprint density at radius 3 is 2.46 bits per heavy atom. The zero-order chi connectivity index (χ0) is 9.94. The second-order valence-corrected chi connectivity index (χ2v) is 3.01. The summed E-state index contributed by atoms with van der Waals surface area (Å²) in [4.78, 5) is 26.4. The molecule has 0 spiro atoms. The molecular formula is C9H14N2O2. The van der Waals surface area contributed by atoms with Gasteiger partial charge in [-0.05, 0) is 18.8 Å². The summed E-state index contributed by atoms with van der Waals surface area (Å²) in [6.07, 6.45) is 5.90. The van der Waals surface area contributed by atoms with Gasteiger partial charge >= 0.3 is 0 Å². The highest BCUT2D eigenvalue weighted by Gasteiger charge is 1.99. The van der Waals surface area contributed by atoms with E-state index in [2.05, 4.69) is 9.98 Å². The smallest absolute Gasteiger partial charge is 0.211 e. The molecule has 0 bridgehead atoms. The summed E-state index contributed by atoms with van der Waals surface area (Å²) < 4.78 is 0. The van der Waals surface area contributed by atoms with Gasteiger partial charge in [0.05, 0.1) is 13.1 Å². The van der Waals surface area contributed by atoms with Crippen LogP contribution in [0.4, 0.5) is 0 Å². The molecule has 13 heavy (non-hydrogen) atoms. The third kappa shape index (κ3) is 8.67. The lowest BCUT2D eigenvalue weighted by Crippen LogP contribution is -1.99. The van der Waals surface area contributed by atoms with Crippen LogP contribution in [-0.2, 0) is 9.59 Å². The van der Waals surface area contributed by atoms with Crippen molar-refractivity contribution >= 4 is 12.2 Å². The molecule has 0 saturated heterocycles. The minimum Gasteiger partial charge on any atom is -0.211 e. The fourth-order valence-electron chi connectivity index (χ4n) is 1.01. The Bertz CT molecular complexity index is 216. The van der Waals surface area contributed by atoms with E-state index in [1.165, 1.54) is 12.2 Å². The molecule has 0 radical (unpaired) electrons. The van der Waals surface area contributed by atoms with Gasteiger partial charge in [-0.15, -0.1) is 0 Å². The van der Waals surface area contributed by atoms with Crippen LogP contribution in [-0.4, -0.2) is 25.2 Å². The van der Waals surface area contributed by atoms with Gasteiger partial charge in [-0.2, -0.15) is 0 Å². The summed E-state index contributed by atoms with van der Waals surface area (Å²) in [7, 11) is 0. The molecule has 0 heterocycles. The van der Waals surface area contributed by atoms with Gasteiger partial charge < -0.3 is 0 Å². The number of nitrogens with zero attached hydrogens (tertiary/aromatic N) is 2. The Labute approximate surface area is 77.8 Å². The van der Waals surface area contributed by atoms with Crippen molar-refractivity contribution in [3.8, 4) is 0 Å². The summed E-state index contributed by atoms with van der Waals surface area (Å²) in [6, 6.07) is 0. The predicted molar refractivity (Wildman–Crippen MR) is 49.0 cm³/mol. The number of carbonyl (C=O) groups excluding carboxylic acids is 2. The first-order valence-electron chi connectivity index (χ1n) is 4.38. The minimum atomic E-state index is 0.404. The zero-order valence-electron chi connectivity index (χ0n) is 7.82. The van der Waals surface area contributed by atoms with Crippen LogP contribution in [0.2, 0.25) is 0 Å². The molecular weight excluding hydrogens is 168 g/mol. The van der Waals surface area contributed by atoms with Crippen LogP contribution in [0, 0.1) is 5.92 Å². The van der Waals surface area contributed by atoms with Gasteiger partial charge in [0.1, 0.15) is 0 Å². The molecule has 72 valence electrons. The Morgan fingerprint density at radius 2 is 1.85 bits per heavy atom. The summed E-state index contributed by atoms with van der Waals surface area (Å²) in [5.41, 5.74) is 0. The fourth-order valence-corrected chi connectivity index (χ4v) is 1.01. The van der Waals surface area contributed by atoms with Gasteiger partial charge in [0.2, 0.25) is 12.2 Å². The van der Waals surface area contributed by atoms with E-state index in [0.717, 1.165) is 19.3 Å². The van der Waals surface area contributed by atoms with Gasteiger partial charge in [-0.1, -0.05) is 13.3 Å². The molecule has 0 aromatic heterocycles. The second-order valence-electron chi connectivity index (χ2n) is 3.01. The molecule has 1 atom stereocenters. The standard InChI is InChI=1S/C9H14N2O2/c1-9(6-11-8-13)4-2-3-5-10-7-12/h9H,2-6H2,1H3. The van der Waals surface area contributed by atoms with Crippen molar-refractivity contribution in [2.45, 2.75) is 26.2 Å². The third-order valence-electron chi connectivity index (χ3n) is 1.75. The Balaban J connectivity index is 3.30. The predicted octanol–water partition coefficient (Wildman–Crippen LogP) is 1.46. The first kappa shape index (κ1) is 11.8. The van der Waals surface area contributed by atoms with E-state index >= 15 is 0 Å². The highest BCUT2D eigenvalue weighted by Crippen LogP contribution is 2.07. The van der Waals surface area contributed by atoms with Crippen molar-refractivity contribution in [3.63, 3.8) is 0 Å². The molecule has 0 aliphatic rings. The second kappa shape index (κ2) is 8.85. The summed E-state index contributed by atoms with van der Waals surface area (Å²) >= 11 is 0. The zero-order valence-corrected chi connectivity index (χ0v) is 7.82. The number of hydrogen-bond donors (Lipinski definition) is 0. The van der Waals surface area contributed by atoms with E-state index < -0.39 is 0 Å². The van der Waals surface area contributed by atoms with E-state index in [9.17, 15) is 9.59 Å². The maximum absolute atomic E-state index is 9.77. The van der Waals surface area contributed by atoms with Crippen LogP contribution >= 0.6 is 0 Å². The SMILES string of the molecule is CC(CCCCN=C=O)CN=C=O. The molecule has 0 aromatic rings. The lowest BCUT2D eigenvalue weighted by Gasteiger charge is -2.04. The van der Waals surface area contributed by atoms with Crippen molar-refractivity contribution in [1.82, 2.24) is 0 Å². The Morgan fingerprint density at radius 1 is 1.15 bits per heavy atom. The molecule has 0 rings (SSSR count). The van der Waals surface area contributed by atoms with Crippen LogP contribution in [0.3, 0.4) is 0 Å². The quantitative estimate of drug-likeness (QED) is 0.340. The molecule has 0 saturated carbocycles. The fraction of sp³-hybridized carbons (Fsp3) is 0.778. The lowest BCUT2D eigenvalue weighted by atomic mass is 10.0. The van der Waals surface area contributed by atoms with Crippen LogP contribution in [0.5, 0.6) is 0 Å². The lowest BCUT2D eigenvalue weighted by molar-refractivity contribution is 0.504. The molecule has 0 aromatic carbocycles. The van der Waals surface area contributed by atoms with Crippen LogP contribution < -0.4 is 0 Å². The van der Waals surface area contributed by atoms with Crippen LogP contribution in [0.25, 0.3) is 0 Å². The average molecular weight is 182 g/mol. The van der Waals surface area contributed by atoms with Gasteiger partial charge in [0, 0.05) is 0 Å². The van der Waals surface area contributed by atoms with Crippen LogP contribution in [0.1, 0.15) is 26.2 Å². The van der Waals surface area contributed by atoms with Crippen molar-refractivity contribution in [3.05, 3.63) is 0 Å². The Hall–Kier alpha value is -1.24. The highest BCUT2D eigenvalue weighted by molar-refractivity contribution is 5.33. The van der Waals surface area contributed by atoms with E-state index in [1.54, 1.807) is 0 Å². The van der Waals surface area contributed by atoms with Crippen molar-refractivity contribution in [1.29, 1.82) is 0 Å². The van der Waals surface area contributed by atoms with Crippen LogP contribution in [0.15, 0.2) is 9.98 Å². The molecule has 4 heteroatoms. The first-order chi connectivity index (χ1) is 6.31. The largest absolute Gasteiger partial charge is 0.234 e. The summed E-state index contributed by atoms with van der Waals surface area (Å²) in [6.45, 7) is 3.12. The van der Waals surface area contributed by atoms with E-state index in [0.29, 0.717) is 19.0 Å². The maximum atomic E-state index is 9.77. The summed E-state index contributed by atoms with van der Waals surface area (Å²) in [5, 5.41) is 0. The van der Waals surface area contributed by atoms with Crippen molar-refractivity contribution < 1.29 is 9.59 Å². The van der Waals surface area contributed by atoms with Gasteiger partial charge in [0.25, 0.3) is 0 Å². The number of isocyanates is 2. The van der Waals surface area contributed by atoms with Crippen molar-refractivity contribution in [2.75, 3.05) is 13.1 Å². The van der Waals surface area contributed by atoms with Crippen molar-refractivity contribution in [2.24, 2.45) is 15.9 Å². The van der Waals surface area contributed by atoms with E-state index in [4.69, 9.17) is 0 Å². The molecule has 0 amide bonds. The molecule has 0 N–H and O–H groups in total. The Kier molecular flexibility index (Phi) is 8.01. The highest BCUT2D eigenvalue weighted by atomic mass is 16.1. The van der Waals surface area contributed by atoms with Gasteiger partial charge in [-0.25, -0.2) is 19.6 Å². The minimum absolute atomic E-state index is 0.404. The number of aliphatic imine (C=N–C) groups is 2. The molecule has 4 nitrogen and oxygen atoms in total. The van der Waals surface area contributed by atoms with E-state index in [-0.39, 0.29) is 0 Å². The number of hydrogen-bond acceptors (Lipinski definition) is 4. The number of rotatable bonds is 7. The topological polar surface area (TPSA) is 58.9 Å². The molecule has 0 aliphatic heterocycles. The summed E-state index contributed by atoms with van der Waals surface area (Å²) in [5.74, 6) is 0.404. The first-order valence-corrected chi connectivity index (χ1v) is 4.38. The molecule has 0 aliphatic carbocycles. The number of unbranched alkanes of at least 4 members (excludes halogenated alkanes) is 1. The monoisotopic (exact) mass is 182 g/mol. The average Bonchev–Trinajstić information content (AvgIpc) is 2.14. The normalized spacial score (nSPS) is 11.2. The van der Waals surface area contributed by atoms with Gasteiger partial charge in [0.15, 0.2) is 0 Å². The molecule has 1 unspecified atom stereocenters.